The van der Waals surface area contributed by atoms with E-state index in [9.17, 15) is 9.59 Å². The van der Waals surface area contributed by atoms with Gasteiger partial charge in [-0.1, -0.05) is 0 Å². The van der Waals surface area contributed by atoms with Gasteiger partial charge in [0.25, 0.3) is 0 Å². The maximum atomic E-state index is 12.3. The lowest BCUT2D eigenvalue weighted by molar-refractivity contribution is -0.142. The number of aromatic nitrogens is 3. The van der Waals surface area contributed by atoms with Crippen LogP contribution in [0.1, 0.15) is 31.3 Å². The Labute approximate surface area is 168 Å². The predicted molar refractivity (Wildman–Crippen MR) is 107 cm³/mol. The molecule has 0 saturated carbocycles. The molecule has 28 heavy (non-hydrogen) atoms. The number of likely N-dealkylation sites (tertiary alicyclic amines) is 1. The summed E-state index contributed by atoms with van der Waals surface area (Å²) in [5, 5.41) is 5.13. The molecule has 3 rings (SSSR count). The third-order valence-electron chi connectivity index (χ3n) is 4.88. The number of hydrogen-bond acceptors (Lipinski definition) is 7. The van der Waals surface area contributed by atoms with Crippen molar-refractivity contribution in [2.45, 2.75) is 39.7 Å². The number of hydrogen-bond donors (Lipinski definition) is 1. The number of carbonyl (C=O) groups is 2. The summed E-state index contributed by atoms with van der Waals surface area (Å²) in [6, 6.07) is 0. The number of nitrogens with zero attached hydrogens (tertiary/aromatic N) is 4. The van der Waals surface area contributed by atoms with Crippen molar-refractivity contribution in [3.05, 3.63) is 29.3 Å². The van der Waals surface area contributed by atoms with Gasteiger partial charge in [0.1, 0.15) is 5.82 Å². The maximum absolute atomic E-state index is 12.3. The fourth-order valence-electron chi connectivity index (χ4n) is 3.37. The van der Waals surface area contributed by atoms with Crippen molar-refractivity contribution < 1.29 is 14.3 Å². The number of carbonyl (C=O) groups excluding carboxylic acids is 2. The first-order chi connectivity index (χ1) is 13.5. The van der Waals surface area contributed by atoms with Gasteiger partial charge in [0.2, 0.25) is 5.91 Å². The van der Waals surface area contributed by atoms with Gasteiger partial charge >= 0.3 is 5.97 Å². The van der Waals surface area contributed by atoms with Gasteiger partial charge in [-0.25, -0.2) is 9.97 Å². The zero-order valence-electron chi connectivity index (χ0n) is 16.4. The topological polar surface area (TPSA) is 89.4 Å². The first-order valence-corrected chi connectivity index (χ1v) is 10.5. The average Bonchev–Trinajstić information content (AvgIpc) is 3.26. The zero-order chi connectivity index (χ0) is 19.9. The molecule has 0 bridgehead atoms. The Balaban J connectivity index is 1.39. The molecule has 2 aromatic rings. The van der Waals surface area contributed by atoms with E-state index in [4.69, 9.17) is 4.74 Å². The summed E-state index contributed by atoms with van der Waals surface area (Å²) < 4.78 is 7.11. The minimum absolute atomic E-state index is 0.0686. The lowest BCUT2D eigenvalue weighted by Crippen LogP contribution is -2.40. The Kier molecular flexibility index (Phi) is 7.16. The standard InChI is InChI=1S/C19H27N5O3S/c1-3-27-18(26)10-16-13-28-19(21-16)22-17(25)12-23-7-4-15(5-8-23)11-24-9-6-20-14(24)2/h6,9,13,15H,3-5,7-8,10-12H2,1-2H3,(H,21,22,25). The van der Waals surface area contributed by atoms with Gasteiger partial charge in [0.15, 0.2) is 5.13 Å². The average molecular weight is 406 g/mol. The van der Waals surface area contributed by atoms with Gasteiger partial charge in [0.05, 0.1) is 25.3 Å². The van der Waals surface area contributed by atoms with Crippen molar-refractivity contribution in [2.75, 3.05) is 31.6 Å². The Hall–Kier alpha value is -2.26. The molecule has 8 nitrogen and oxygen atoms in total. The van der Waals surface area contributed by atoms with E-state index in [1.165, 1.54) is 11.3 Å². The zero-order valence-corrected chi connectivity index (χ0v) is 17.2. The smallest absolute Gasteiger partial charge is 0.311 e. The van der Waals surface area contributed by atoms with Crippen molar-refractivity contribution >= 4 is 28.3 Å². The van der Waals surface area contributed by atoms with Crippen molar-refractivity contribution in [1.29, 1.82) is 0 Å². The Bertz CT molecular complexity index is 795. The highest BCUT2D eigenvalue weighted by Crippen LogP contribution is 2.20. The third kappa shape index (κ3) is 5.87. The second-order valence-corrected chi connectivity index (χ2v) is 7.88. The van der Waals surface area contributed by atoms with Crippen LogP contribution in [0.25, 0.3) is 0 Å². The summed E-state index contributed by atoms with van der Waals surface area (Å²) in [4.78, 5) is 34.5. The monoisotopic (exact) mass is 405 g/mol. The van der Waals surface area contributed by atoms with Crippen LogP contribution in [0, 0.1) is 12.8 Å². The number of esters is 1. The van der Waals surface area contributed by atoms with Crippen molar-refractivity contribution in [2.24, 2.45) is 5.92 Å². The number of anilines is 1. The number of imidazole rings is 1. The van der Waals surface area contributed by atoms with E-state index >= 15 is 0 Å². The van der Waals surface area contributed by atoms with Gasteiger partial charge in [-0.2, -0.15) is 0 Å². The number of piperidine rings is 1. The van der Waals surface area contributed by atoms with Gasteiger partial charge in [-0.15, -0.1) is 11.3 Å². The van der Waals surface area contributed by atoms with E-state index in [-0.39, 0.29) is 18.3 Å². The summed E-state index contributed by atoms with van der Waals surface area (Å²) in [6.45, 7) is 7.33. The molecule has 1 saturated heterocycles. The van der Waals surface area contributed by atoms with E-state index in [0.717, 1.165) is 38.3 Å². The van der Waals surface area contributed by atoms with Crippen LogP contribution in [0.2, 0.25) is 0 Å². The van der Waals surface area contributed by atoms with Crippen LogP contribution < -0.4 is 5.32 Å². The number of aryl methyl sites for hydroxylation is 1. The largest absolute Gasteiger partial charge is 0.466 e. The van der Waals surface area contributed by atoms with Gasteiger partial charge < -0.3 is 14.6 Å². The Morgan fingerprint density at radius 3 is 2.82 bits per heavy atom. The highest BCUT2D eigenvalue weighted by atomic mass is 32.1. The molecule has 0 unspecified atom stereocenters. The van der Waals surface area contributed by atoms with Gasteiger partial charge in [-0.3, -0.25) is 14.5 Å². The summed E-state index contributed by atoms with van der Waals surface area (Å²) in [5.41, 5.74) is 0.620. The van der Waals surface area contributed by atoms with Crippen LogP contribution in [0.5, 0.6) is 0 Å². The third-order valence-corrected chi connectivity index (χ3v) is 5.69. The maximum Gasteiger partial charge on any atom is 0.311 e. The van der Waals surface area contributed by atoms with Crippen LogP contribution in [0.3, 0.4) is 0 Å². The molecule has 0 radical (unpaired) electrons. The second kappa shape index (κ2) is 9.79. The fourth-order valence-corrected chi connectivity index (χ4v) is 4.10. The quantitative estimate of drug-likeness (QED) is 0.677. The summed E-state index contributed by atoms with van der Waals surface area (Å²) in [5.74, 6) is 1.30. The highest BCUT2D eigenvalue weighted by molar-refractivity contribution is 7.13. The molecule has 0 atom stereocenters. The van der Waals surface area contributed by atoms with E-state index in [1.807, 2.05) is 19.3 Å². The van der Waals surface area contributed by atoms with Crippen molar-refractivity contribution in [3.8, 4) is 0 Å². The highest BCUT2D eigenvalue weighted by Gasteiger charge is 2.22. The van der Waals surface area contributed by atoms with Crippen molar-refractivity contribution in [3.63, 3.8) is 0 Å². The molecule has 1 N–H and O–H groups in total. The molecule has 0 aromatic carbocycles. The molecule has 1 aliphatic rings. The van der Waals surface area contributed by atoms with Crippen LogP contribution >= 0.6 is 11.3 Å². The molecule has 0 spiro atoms. The lowest BCUT2D eigenvalue weighted by Gasteiger charge is -2.31. The van der Waals surface area contributed by atoms with E-state index in [0.29, 0.717) is 29.9 Å². The Morgan fingerprint density at radius 2 is 2.14 bits per heavy atom. The molecule has 9 heteroatoms. The summed E-state index contributed by atoms with van der Waals surface area (Å²) in [7, 11) is 0. The van der Waals surface area contributed by atoms with Crippen LogP contribution in [0.15, 0.2) is 17.8 Å². The van der Waals surface area contributed by atoms with Gasteiger partial charge in [0, 0.05) is 24.3 Å². The minimum atomic E-state index is -0.306. The molecule has 152 valence electrons. The number of nitrogens with one attached hydrogen (secondary N) is 1. The fraction of sp³-hybridized carbons (Fsp3) is 0.579. The molecule has 1 fully saturated rings. The van der Waals surface area contributed by atoms with Crippen LogP contribution in [0.4, 0.5) is 5.13 Å². The van der Waals surface area contributed by atoms with E-state index in [1.54, 1.807) is 12.3 Å². The molecule has 1 aliphatic heterocycles. The molecule has 0 aliphatic carbocycles. The number of thiazole rings is 1. The molecule has 1 amide bonds. The summed E-state index contributed by atoms with van der Waals surface area (Å²) >= 11 is 1.33. The number of rotatable bonds is 8. The van der Waals surface area contributed by atoms with Gasteiger partial charge in [-0.05, 0) is 45.7 Å². The second-order valence-electron chi connectivity index (χ2n) is 7.02. The number of ether oxygens (including phenoxy) is 1. The molecular formula is C19H27N5O3S. The molecule has 3 heterocycles. The SMILES string of the molecule is CCOC(=O)Cc1csc(NC(=O)CN2CCC(Cn3ccnc3C)CC2)n1. The van der Waals surface area contributed by atoms with Crippen LogP contribution in [-0.2, 0) is 27.3 Å². The number of amides is 1. The first-order valence-electron chi connectivity index (χ1n) is 9.63. The normalized spacial score (nSPS) is 15.5. The first kappa shape index (κ1) is 20.5. The summed E-state index contributed by atoms with van der Waals surface area (Å²) in [6.07, 6.45) is 6.15. The van der Waals surface area contributed by atoms with Crippen molar-refractivity contribution in [1.82, 2.24) is 19.4 Å². The molecular weight excluding hydrogens is 378 g/mol. The predicted octanol–water partition coefficient (Wildman–Crippen LogP) is 2.10. The Morgan fingerprint density at radius 1 is 1.36 bits per heavy atom. The lowest BCUT2D eigenvalue weighted by atomic mass is 9.96. The van der Waals surface area contributed by atoms with Crippen LogP contribution in [-0.4, -0.2) is 57.6 Å². The molecule has 2 aromatic heterocycles. The van der Waals surface area contributed by atoms with E-state index < -0.39 is 0 Å². The minimum Gasteiger partial charge on any atom is -0.466 e. The van der Waals surface area contributed by atoms with E-state index in [2.05, 4.69) is 24.8 Å².